The van der Waals surface area contributed by atoms with Gasteiger partial charge in [-0.2, -0.15) is 0 Å². The van der Waals surface area contributed by atoms with Gasteiger partial charge in [-0.25, -0.2) is 4.98 Å². The van der Waals surface area contributed by atoms with Crippen molar-refractivity contribution in [3.63, 3.8) is 0 Å². The molecule has 1 aliphatic carbocycles. The summed E-state index contributed by atoms with van der Waals surface area (Å²) in [5.41, 5.74) is 7.75. The molecule has 0 amide bonds. The maximum atomic E-state index is 13.3. The van der Waals surface area contributed by atoms with E-state index in [1.165, 1.54) is 0 Å². The van der Waals surface area contributed by atoms with Crippen LogP contribution in [0.25, 0.3) is 5.70 Å². The third-order valence-electron chi connectivity index (χ3n) is 6.79. The van der Waals surface area contributed by atoms with Crippen molar-refractivity contribution in [2.75, 3.05) is 24.6 Å². The summed E-state index contributed by atoms with van der Waals surface area (Å²) in [4.78, 5) is 20.3. The first-order chi connectivity index (χ1) is 13.7. The molecule has 2 atom stereocenters. The first-order valence-corrected chi connectivity index (χ1v) is 11.0. The molecule has 4 rings (SSSR count). The Labute approximate surface area is 181 Å². The molecule has 0 saturated carbocycles. The highest BCUT2D eigenvalue weighted by atomic mass is 35.5. The van der Waals surface area contributed by atoms with E-state index in [2.05, 4.69) is 4.90 Å². The lowest BCUT2D eigenvalue weighted by Crippen LogP contribution is -2.51. The highest BCUT2D eigenvalue weighted by Crippen LogP contribution is 2.42. The van der Waals surface area contributed by atoms with Gasteiger partial charge in [0.05, 0.1) is 28.3 Å². The van der Waals surface area contributed by atoms with Crippen LogP contribution in [0.1, 0.15) is 44.0 Å². The molecule has 1 aromatic rings. The van der Waals surface area contributed by atoms with E-state index in [1.54, 1.807) is 4.57 Å². The fourth-order valence-electron chi connectivity index (χ4n) is 4.84. The summed E-state index contributed by atoms with van der Waals surface area (Å²) < 4.78 is 7.43. The zero-order chi connectivity index (χ0) is 20.9. The summed E-state index contributed by atoms with van der Waals surface area (Å²) in [6.45, 7) is 8.09. The average molecular weight is 439 g/mol. The average Bonchev–Trinajstić information content (AvgIpc) is 2.97. The zero-order valence-electron chi connectivity index (χ0n) is 17.2. The van der Waals surface area contributed by atoms with E-state index in [-0.39, 0.29) is 23.1 Å². The number of halogens is 2. The quantitative estimate of drug-likeness (QED) is 0.764. The maximum absolute atomic E-state index is 13.3. The van der Waals surface area contributed by atoms with Gasteiger partial charge in [-0.1, -0.05) is 29.3 Å². The predicted octanol–water partition coefficient (Wildman–Crippen LogP) is 3.52. The van der Waals surface area contributed by atoms with Crippen molar-refractivity contribution >= 4 is 34.7 Å². The van der Waals surface area contributed by atoms with Gasteiger partial charge in [0.2, 0.25) is 0 Å². The molecule has 0 unspecified atom stereocenters. The minimum Gasteiger partial charge on any atom is -0.376 e. The van der Waals surface area contributed by atoms with Crippen LogP contribution in [0.2, 0.25) is 0 Å². The first kappa shape index (κ1) is 20.9. The molecule has 1 spiro atoms. The standard InChI is InChI=1S/C21H28Cl2N4O2/c1-12-19(26-9-7-21(8-10-26)11-29-13(2)18(21)24)25-14(3)27(20(12)28)16-6-4-5-15(22)17(16)23/h5,13,18H,4,6-11,24H2,1-3H3/t13-,18+/m1/s1. The summed E-state index contributed by atoms with van der Waals surface area (Å²) in [6.07, 6.45) is 5.29. The molecule has 0 bridgehead atoms. The topological polar surface area (TPSA) is 73.4 Å². The monoisotopic (exact) mass is 438 g/mol. The van der Waals surface area contributed by atoms with Crippen LogP contribution in [0, 0.1) is 19.3 Å². The lowest BCUT2D eigenvalue weighted by molar-refractivity contribution is 0.0974. The highest BCUT2D eigenvalue weighted by Gasteiger charge is 2.47. The molecular weight excluding hydrogens is 411 g/mol. The number of hydrogen-bond donors (Lipinski definition) is 1. The Bertz CT molecular complexity index is 945. The van der Waals surface area contributed by atoms with Crippen molar-refractivity contribution in [2.45, 2.75) is 58.6 Å². The van der Waals surface area contributed by atoms with Crippen molar-refractivity contribution < 1.29 is 4.74 Å². The maximum Gasteiger partial charge on any atom is 0.262 e. The summed E-state index contributed by atoms with van der Waals surface area (Å²) in [5.74, 6) is 1.39. The molecule has 2 saturated heterocycles. The van der Waals surface area contributed by atoms with Crippen molar-refractivity contribution in [1.82, 2.24) is 9.55 Å². The van der Waals surface area contributed by atoms with Crippen LogP contribution in [-0.4, -0.2) is 41.4 Å². The van der Waals surface area contributed by atoms with E-state index in [9.17, 15) is 4.79 Å². The number of nitrogens with zero attached hydrogens (tertiary/aromatic N) is 3. The second-order valence-corrected chi connectivity index (χ2v) is 9.28. The molecule has 29 heavy (non-hydrogen) atoms. The van der Waals surface area contributed by atoms with Gasteiger partial charge in [-0.3, -0.25) is 9.36 Å². The lowest BCUT2D eigenvalue weighted by atomic mass is 9.73. The summed E-state index contributed by atoms with van der Waals surface area (Å²) in [6, 6.07) is 0.0617. The number of rotatable bonds is 2. The zero-order valence-corrected chi connectivity index (χ0v) is 18.7. The SMILES string of the molecule is Cc1c(N2CCC3(CC2)CO[C@H](C)[C@@H]3N)nc(C)n(C2=C(Cl)C(Cl)=CCC2)c1=O. The van der Waals surface area contributed by atoms with E-state index >= 15 is 0 Å². The molecule has 3 heterocycles. The van der Waals surface area contributed by atoms with Gasteiger partial charge in [0.15, 0.2) is 0 Å². The Morgan fingerprint density at radius 1 is 1.28 bits per heavy atom. The minimum atomic E-state index is -0.0816. The van der Waals surface area contributed by atoms with E-state index in [4.69, 9.17) is 38.7 Å². The Morgan fingerprint density at radius 3 is 2.59 bits per heavy atom. The van der Waals surface area contributed by atoms with E-state index in [1.807, 2.05) is 26.8 Å². The second kappa shape index (κ2) is 7.73. The number of aryl methyl sites for hydroxylation is 1. The van der Waals surface area contributed by atoms with Crippen LogP contribution in [0.5, 0.6) is 0 Å². The fourth-order valence-corrected chi connectivity index (χ4v) is 5.32. The summed E-state index contributed by atoms with van der Waals surface area (Å²) >= 11 is 12.6. The number of allylic oxidation sites excluding steroid dienone is 4. The van der Waals surface area contributed by atoms with E-state index < -0.39 is 0 Å². The molecule has 158 valence electrons. The summed E-state index contributed by atoms with van der Waals surface area (Å²) in [7, 11) is 0. The number of ether oxygens (including phenoxy) is 1. The van der Waals surface area contributed by atoms with Gasteiger partial charge in [0.1, 0.15) is 11.6 Å². The van der Waals surface area contributed by atoms with Crippen LogP contribution in [-0.2, 0) is 4.74 Å². The smallest absolute Gasteiger partial charge is 0.262 e. The van der Waals surface area contributed by atoms with Crippen LogP contribution >= 0.6 is 23.2 Å². The molecule has 3 aliphatic rings. The van der Waals surface area contributed by atoms with Crippen molar-refractivity contribution in [3.05, 3.63) is 37.9 Å². The van der Waals surface area contributed by atoms with Gasteiger partial charge < -0.3 is 15.4 Å². The Balaban J connectivity index is 1.64. The van der Waals surface area contributed by atoms with Gasteiger partial charge in [0.25, 0.3) is 5.56 Å². The van der Waals surface area contributed by atoms with E-state index in [0.717, 1.165) is 50.5 Å². The van der Waals surface area contributed by atoms with Gasteiger partial charge in [-0.05, 0) is 46.5 Å². The minimum absolute atomic E-state index is 0.0391. The van der Waals surface area contributed by atoms with Crippen molar-refractivity contribution in [3.8, 4) is 0 Å². The number of hydrogen-bond acceptors (Lipinski definition) is 5. The number of aromatic nitrogens is 2. The van der Waals surface area contributed by atoms with Crippen LogP contribution < -0.4 is 16.2 Å². The molecule has 2 N–H and O–H groups in total. The predicted molar refractivity (Wildman–Crippen MR) is 117 cm³/mol. The van der Waals surface area contributed by atoms with Crippen molar-refractivity contribution in [1.29, 1.82) is 0 Å². The van der Waals surface area contributed by atoms with Crippen LogP contribution in [0.15, 0.2) is 20.9 Å². The van der Waals surface area contributed by atoms with Gasteiger partial charge in [-0.15, -0.1) is 0 Å². The lowest BCUT2D eigenvalue weighted by Gasteiger charge is -2.42. The molecule has 6 nitrogen and oxygen atoms in total. The Hall–Kier alpha value is -1.34. The molecular formula is C21H28Cl2N4O2. The fraction of sp³-hybridized carbons (Fsp3) is 0.619. The Morgan fingerprint density at radius 2 is 1.97 bits per heavy atom. The van der Waals surface area contributed by atoms with Gasteiger partial charge in [0, 0.05) is 30.2 Å². The number of piperidine rings is 1. The van der Waals surface area contributed by atoms with E-state index in [0.29, 0.717) is 27.9 Å². The summed E-state index contributed by atoms with van der Waals surface area (Å²) in [5, 5.41) is 0.924. The van der Waals surface area contributed by atoms with Crippen LogP contribution in [0.4, 0.5) is 5.82 Å². The number of anilines is 1. The first-order valence-electron chi connectivity index (χ1n) is 10.2. The molecule has 2 fully saturated rings. The molecule has 0 aromatic carbocycles. The third-order valence-corrected chi connectivity index (χ3v) is 7.66. The molecule has 2 aliphatic heterocycles. The largest absolute Gasteiger partial charge is 0.376 e. The molecule has 1 aromatic heterocycles. The Kier molecular flexibility index (Phi) is 5.57. The van der Waals surface area contributed by atoms with Crippen LogP contribution in [0.3, 0.4) is 0 Å². The molecule has 0 radical (unpaired) electrons. The second-order valence-electron chi connectivity index (χ2n) is 8.49. The molecule has 8 heteroatoms. The normalized spacial score (nSPS) is 27.0. The number of nitrogens with two attached hydrogens (primary N) is 1. The van der Waals surface area contributed by atoms with Crippen molar-refractivity contribution in [2.24, 2.45) is 11.1 Å². The van der Waals surface area contributed by atoms with Gasteiger partial charge >= 0.3 is 0 Å². The third kappa shape index (κ3) is 3.44. The highest BCUT2D eigenvalue weighted by molar-refractivity contribution is 6.45.